The zero-order valence-corrected chi connectivity index (χ0v) is 21.6. The molecule has 1 aliphatic heterocycles. The Morgan fingerprint density at radius 3 is 2.61 bits per heavy atom. The zero-order chi connectivity index (χ0) is 25.4. The predicted octanol–water partition coefficient (Wildman–Crippen LogP) is 3.72. The van der Waals surface area contributed by atoms with Crippen LogP contribution in [-0.4, -0.2) is 68.7 Å². The summed E-state index contributed by atoms with van der Waals surface area (Å²) < 4.78 is 14.8. The maximum Gasteiger partial charge on any atom is 0.330 e. The summed E-state index contributed by atoms with van der Waals surface area (Å²) in [6, 6.07) is 10.1. The van der Waals surface area contributed by atoms with Crippen molar-refractivity contribution in [3.8, 4) is 11.1 Å². The van der Waals surface area contributed by atoms with E-state index < -0.39 is 0 Å². The highest BCUT2D eigenvalue weighted by molar-refractivity contribution is 6.02. The Kier molecular flexibility index (Phi) is 6.87. The lowest BCUT2D eigenvalue weighted by molar-refractivity contribution is 0.0448. The fourth-order valence-electron chi connectivity index (χ4n) is 5.00. The van der Waals surface area contributed by atoms with E-state index in [1.165, 1.54) is 0 Å². The van der Waals surface area contributed by atoms with Gasteiger partial charge in [-0.3, -0.25) is 19.0 Å². The van der Waals surface area contributed by atoms with Gasteiger partial charge in [-0.05, 0) is 51.0 Å². The molecule has 9 heteroatoms. The molecular weight excluding hydrogens is 456 g/mol. The van der Waals surface area contributed by atoms with Gasteiger partial charge in [-0.1, -0.05) is 12.1 Å². The highest BCUT2D eigenvalue weighted by atomic mass is 16.5. The molecule has 9 nitrogen and oxygen atoms in total. The SMILES string of the molecule is CO[C@H]1CCN(CCO[C@@H](C)c2ccc(-c3ccc4nnc5c(c4c3)n(C(C)C)c(=O)n5C)cn2)C1. The highest BCUT2D eigenvalue weighted by Gasteiger charge is 2.22. The Labute approximate surface area is 210 Å². The molecule has 190 valence electrons. The zero-order valence-electron chi connectivity index (χ0n) is 21.6. The molecule has 4 aromatic rings. The largest absolute Gasteiger partial charge is 0.380 e. The molecule has 0 N–H and O–H groups in total. The van der Waals surface area contributed by atoms with E-state index in [0.29, 0.717) is 18.4 Å². The standard InChI is InChI=1S/C27H34N6O3/c1-17(2)33-25-22-14-19(6-9-24(22)29-30-26(25)31(4)27(33)34)20-7-8-23(28-15-20)18(3)36-13-12-32-11-10-21(16-32)35-5/h6-9,14-15,17-18,21H,10-13,16H2,1-5H3/t18-,21-/m0/s1. The molecule has 3 aromatic heterocycles. The van der Waals surface area contributed by atoms with Gasteiger partial charge in [0.15, 0.2) is 5.65 Å². The van der Waals surface area contributed by atoms with Crippen molar-refractivity contribution in [3.63, 3.8) is 0 Å². The van der Waals surface area contributed by atoms with Gasteiger partial charge >= 0.3 is 5.69 Å². The summed E-state index contributed by atoms with van der Waals surface area (Å²) in [5.41, 5.74) is 4.98. The Morgan fingerprint density at radius 2 is 1.92 bits per heavy atom. The molecule has 0 saturated carbocycles. The van der Waals surface area contributed by atoms with Crippen LogP contribution in [0.25, 0.3) is 33.2 Å². The first-order valence-corrected chi connectivity index (χ1v) is 12.6. The van der Waals surface area contributed by atoms with Gasteiger partial charge in [-0.15, -0.1) is 10.2 Å². The minimum Gasteiger partial charge on any atom is -0.380 e. The van der Waals surface area contributed by atoms with Crippen LogP contribution < -0.4 is 5.69 Å². The van der Waals surface area contributed by atoms with Crippen LogP contribution in [0.2, 0.25) is 0 Å². The van der Waals surface area contributed by atoms with Crippen LogP contribution in [0.4, 0.5) is 0 Å². The maximum atomic E-state index is 12.8. The van der Waals surface area contributed by atoms with Crippen molar-refractivity contribution in [1.82, 2.24) is 29.2 Å². The van der Waals surface area contributed by atoms with Crippen molar-refractivity contribution in [1.29, 1.82) is 0 Å². The molecule has 1 saturated heterocycles. The Morgan fingerprint density at radius 1 is 1.11 bits per heavy atom. The number of nitrogens with zero attached hydrogens (tertiary/aromatic N) is 6. The molecule has 0 bridgehead atoms. The second kappa shape index (κ2) is 10.1. The van der Waals surface area contributed by atoms with Crippen molar-refractivity contribution in [2.24, 2.45) is 7.05 Å². The number of aryl methyl sites for hydroxylation is 1. The first kappa shape index (κ1) is 24.5. The molecule has 36 heavy (non-hydrogen) atoms. The smallest absolute Gasteiger partial charge is 0.330 e. The third kappa shape index (κ3) is 4.54. The van der Waals surface area contributed by atoms with E-state index >= 15 is 0 Å². The summed E-state index contributed by atoms with van der Waals surface area (Å²) in [6.07, 6.45) is 3.22. The summed E-state index contributed by atoms with van der Waals surface area (Å²) >= 11 is 0. The summed E-state index contributed by atoms with van der Waals surface area (Å²) in [5, 5.41) is 9.58. The summed E-state index contributed by atoms with van der Waals surface area (Å²) in [5.74, 6) is 0. The van der Waals surface area contributed by atoms with Gasteiger partial charge in [-0.2, -0.15) is 0 Å². The molecule has 0 aliphatic carbocycles. The number of methoxy groups -OCH3 is 1. The van der Waals surface area contributed by atoms with Crippen molar-refractivity contribution in [2.45, 2.75) is 45.4 Å². The van der Waals surface area contributed by atoms with Gasteiger partial charge in [0, 0.05) is 57.0 Å². The topological polar surface area (TPSA) is 87.3 Å². The normalized spacial score (nSPS) is 17.6. The molecule has 4 heterocycles. The third-order valence-corrected chi connectivity index (χ3v) is 7.16. The monoisotopic (exact) mass is 490 g/mol. The average Bonchev–Trinajstić information content (AvgIpc) is 3.46. The van der Waals surface area contributed by atoms with Crippen LogP contribution in [0, 0.1) is 0 Å². The fourth-order valence-corrected chi connectivity index (χ4v) is 5.00. The lowest BCUT2D eigenvalue weighted by atomic mass is 10.0. The maximum absolute atomic E-state index is 12.8. The van der Waals surface area contributed by atoms with Crippen LogP contribution in [0.1, 0.15) is 45.0 Å². The number of fused-ring (bicyclic) bond motifs is 3. The van der Waals surface area contributed by atoms with Crippen molar-refractivity contribution in [3.05, 3.63) is 52.7 Å². The van der Waals surface area contributed by atoms with Crippen LogP contribution in [-0.2, 0) is 16.5 Å². The van der Waals surface area contributed by atoms with Gasteiger partial charge in [0.25, 0.3) is 0 Å². The second-order valence-corrected chi connectivity index (χ2v) is 9.84. The number of imidazole rings is 1. The van der Waals surface area contributed by atoms with Crippen LogP contribution in [0.5, 0.6) is 0 Å². The number of aromatic nitrogens is 5. The quantitative estimate of drug-likeness (QED) is 0.372. The first-order chi connectivity index (χ1) is 17.4. The lowest BCUT2D eigenvalue weighted by Gasteiger charge is -2.18. The molecular formula is C27H34N6O3. The van der Waals surface area contributed by atoms with E-state index in [1.807, 2.05) is 45.2 Å². The van der Waals surface area contributed by atoms with E-state index in [2.05, 4.69) is 27.2 Å². The van der Waals surface area contributed by atoms with E-state index in [1.54, 1.807) is 23.3 Å². The number of pyridine rings is 1. The van der Waals surface area contributed by atoms with Gasteiger partial charge in [0.1, 0.15) is 5.52 Å². The van der Waals surface area contributed by atoms with Gasteiger partial charge in [0.05, 0.1) is 30.0 Å². The molecule has 1 aliphatic rings. The Balaban J connectivity index is 1.35. The highest BCUT2D eigenvalue weighted by Crippen LogP contribution is 2.29. The van der Waals surface area contributed by atoms with Crippen LogP contribution in [0.3, 0.4) is 0 Å². The summed E-state index contributed by atoms with van der Waals surface area (Å²) in [7, 11) is 3.52. The lowest BCUT2D eigenvalue weighted by Crippen LogP contribution is -2.27. The molecule has 0 amide bonds. The number of hydrogen-bond donors (Lipinski definition) is 0. The number of benzene rings is 1. The van der Waals surface area contributed by atoms with E-state index in [4.69, 9.17) is 14.5 Å². The van der Waals surface area contributed by atoms with E-state index in [-0.39, 0.29) is 17.8 Å². The molecule has 0 unspecified atom stereocenters. The minimum atomic E-state index is -0.0875. The summed E-state index contributed by atoms with van der Waals surface area (Å²) in [4.78, 5) is 19.9. The molecule has 2 atom stereocenters. The van der Waals surface area contributed by atoms with Gasteiger partial charge < -0.3 is 9.47 Å². The molecule has 1 aromatic carbocycles. The fraction of sp³-hybridized carbons (Fsp3) is 0.481. The molecule has 0 spiro atoms. The van der Waals surface area contributed by atoms with Crippen molar-refractivity contribution in [2.75, 3.05) is 33.4 Å². The summed E-state index contributed by atoms with van der Waals surface area (Å²) in [6.45, 7) is 9.64. The van der Waals surface area contributed by atoms with Crippen molar-refractivity contribution >= 4 is 22.1 Å². The third-order valence-electron chi connectivity index (χ3n) is 7.16. The van der Waals surface area contributed by atoms with Gasteiger partial charge in [0.2, 0.25) is 0 Å². The van der Waals surface area contributed by atoms with Gasteiger partial charge in [-0.25, -0.2) is 4.79 Å². The van der Waals surface area contributed by atoms with Crippen molar-refractivity contribution < 1.29 is 9.47 Å². The number of rotatable bonds is 8. The average molecular weight is 491 g/mol. The van der Waals surface area contributed by atoms with Crippen LogP contribution >= 0.6 is 0 Å². The molecule has 5 rings (SSSR count). The Hall–Kier alpha value is -3.14. The van der Waals surface area contributed by atoms with E-state index in [0.717, 1.165) is 59.3 Å². The van der Waals surface area contributed by atoms with Crippen LogP contribution in [0.15, 0.2) is 41.3 Å². The predicted molar refractivity (Wildman–Crippen MR) is 140 cm³/mol. The number of ether oxygens (including phenoxy) is 2. The Bertz CT molecular complexity index is 1430. The molecule has 0 radical (unpaired) electrons. The number of hydrogen-bond acceptors (Lipinski definition) is 7. The van der Waals surface area contributed by atoms with E-state index in [9.17, 15) is 4.79 Å². The second-order valence-electron chi connectivity index (χ2n) is 9.84. The molecule has 1 fully saturated rings. The number of likely N-dealkylation sites (tertiary alicyclic amines) is 1. The first-order valence-electron chi connectivity index (χ1n) is 12.6. The minimum absolute atomic E-state index is 0.00608.